The van der Waals surface area contributed by atoms with E-state index >= 15 is 0 Å². The zero-order chi connectivity index (χ0) is 14.8. The number of hydrogen-bond acceptors (Lipinski definition) is 6. The van der Waals surface area contributed by atoms with Crippen molar-refractivity contribution in [2.45, 2.75) is 11.4 Å². The fourth-order valence-corrected chi connectivity index (χ4v) is 3.26. The first-order valence-corrected chi connectivity index (χ1v) is 7.82. The topological polar surface area (TPSA) is 122 Å². The summed E-state index contributed by atoms with van der Waals surface area (Å²) >= 11 is 1.34. The van der Waals surface area contributed by atoms with Crippen molar-refractivity contribution in [1.82, 2.24) is 9.71 Å². The maximum Gasteiger partial charge on any atom is 0.337 e. The summed E-state index contributed by atoms with van der Waals surface area (Å²) in [5.74, 6) is -1.36. The average Bonchev–Trinajstić information content (AvgIpc) is 2.89. The van der Waals surface area contributed by atoms with Gasteiger partial charge < -0.3 is 10.8 Å². The number of sulfonamides is 1. The van der Waals surface area contributed by atoms with E-state index in [2.05, 4.69) is 9.71 Å². The van der Waals surface area contributed by atoms with Gasteiger partial charge >= 0.3 is 5.97 Å². The summed E-state index contributed by atoms with van der Waals surface area (Å²) in [6.45, 7) is -0.00469. The van der Waals surface area contributed by atoms with E-state index in [-0.39, 0.29) is 22.7 Å². The molecule has 9 heteroatoms. The van der Waals surface area contributed by atoms with Crippen LogP contribution in [0.5, 0.6) is 0 Å². The van der Waals surface area contributed by atoms with Crippen LogP contribution in [0.25, 0.3) is 0 Å². The zero-order valence-electron chi connectivity index (χ0n) is 10.1. The van der Waals surface area contributed by atoms with E-state index in [1.54, 1.807) is 10.9 Å². The Morgan fingerprint density at radius 1 is 1.45 bits per heavy atom. The number of anilines is 1. The molecule has 0 unspecified atom stereocenters. The van der Waals surface area contributed by atoms with Crippen molar-refractivity contribution in [2.75, 3.05) is 5.73 Å². The summed E-state index contributed by atoms with van der Waals surface area (Å²) in [7, 11) is -3.95. The molecule has 0 atom stereocenters. The Morgan fingerprint density at radius 2 is 2.20 bits per heavy atom. The second kappa shape index (κ2) is 5.57. The molecule has 2 rings (SSSR count). The first-order valence-electron chi connectivity index (χ1n) is 5.40. The average molecular weight is 313 g/mol. The van der Waals surface area contributed by atoms with Crippen LogP contribution in [0.2, 0.25) is 0 Å². The minimum atomic E-state index is -3.95. The van der Waals surface area contributed by atoms with Crippen molar-refractivity contribution in [2.24, 2.45) is 0 Å². The van der Waals surface area contributed by atoms with Gasteiger partial charge in [-0.05, 0) is 18.2 Å². The third kappa shape index (κ3) is 3.13. The van der Waals surface area contributed by atoms with Crippen molar-refractivity contribution in [3.63, 3.8) is 0 Å². The Morgan fingerprint density at radius 3 is 2.80 bits per heavy atom. The van der Waals surface area contributed by atoms with Crippen LogP contribution in [0, 0.1) is 0 Å². The molecule has 0 amide bonds. The molecular formula is C11H11N3O4S2. The summed E-state index contributed by atoms with van der Waals surface area (Å²) in [6, 6.07) is 3.62. The van der Waals surface area contributed by atoms with Gasteiger partial charge in [-0.2, -0.15) is 0 Å². The number of carbonyl (C=O) groups is 1. The minimum absolute atomic E-state index is 0.00469. The standard InChI is InChI=1S/C11H11N3O4S2/c12-7-1-2-10(9(3-7)11(15)16)20(17,18)14-4-8-5-19-6-13-8/h1-3,5-6,14H,4,12H2,(H,15,16). The molecule has 1 aromatic carbocycles. The molecule has 2 aromatic rings. The van der Waals surface area contributed by atoms with E-state index in [0.29, 0.717) is 5.69 Å². The molecule has 0 bridgehead atoms. The number of aromatic nitrogens is 1. The second-order valence-corrected chi connectivity index (χ2v) is 6.32. The van der Waals surface area contributed by atoms with Crippen molar-refractivity contribution in [1.29, 1.82) is 0 Å². The number of benzene rings is 1. The van der Waals surface area contributed by atoms with E-state index in [9.17, 15) is 13.2 Å². The molecule has 0 fully saturated rings. The summed E-state index contributed by atoms with van der Waals surface area (Å²) in [5.41, 5.74) is 7.43. The van der Waals surface area contributed by atoms with Crippen molar-refractivity contribution in [3.8, 4) is 0 Å². The third-order valence-corrected chi connectivity index (χ3v) is 4.55. The Labute approximate surface area is 119 Å². The number of carboxylic acids is 1. The molecule has 0 aliphatic carbocycles. The third-order valence-electron chi connectivity index (χ3n) is 2.45. The molecule has 0 spiro atoms. The number of aromatic carboxylic acids is 1. The Kier molecular flexibility index (Phi) is 4.02. The molecule has 0 saturated carbocycles. The lowest BCUT2D eigenvalue weighted by molar-refractivity contribution is 0.0692. The largest absolute Gasteiger partial charge is 0.478 e. The van der Waals surface area contributed by atoms with Gasteiger partial charge in [-0.1, -0.05) is 0 Å². The Bertz CT molecular complexity index is 726. The molecule has 1 aromatic heterocycles. The van der Waals surface area contributed by atoms with Crippen molar-refractivity contribution >= 4 is 33.0 Å². The Balaban J connectivity index is 2.31. The number of thiazole rings is 1. The fraction of sp³-hybridized carbons (Fsp3) is 0.0909. The smallest absolute Gasteiger partial charge is 0.337 e. The van der Waals surface area contributed by atoms with Gasteiger partial charge in [0.2, 0.25) is 10.0 Å². The highest BCUT2D eigenvalue weighted by molar-refractivity contribution is 7.89. The molecule has 7 nitrogen and oxygen atoms in total. The highest BCUT2D eigenvalue weighted by atomic mass is 32.2. The van der Waals surface area contributed by atoms with Gasteiger partial charge in [0.25, 0.3) is 0 Å². The summed E-state index contributed by atoms with van der Waals surface area (Å²) in [4.78, 5) is 14.7. The maximum atomic E-state index is 12.1. The molecule has 4 N–H and O–H groups in total. The van der Waals surface area contributed by atoms with Crippen LogP contribution < -0.4 is 10.5 Å². The molecule has 1 heterocycles. The fourth-order valence-electron chi connectivity index (χ4n) is 1.52. The highest BCUT2D eigenvalue weighted by Crippen LogP contribution is 2.19. The van der Waals surface area contributed by atoms with E-state index in [0.717, 1.165) is 6.07 Å². The number of rotatable bonds is 5. The summed E-state index contributed by atoms with van der Waals surface area (Å²) in [6.07, 6.45) is 0. The van der Waals surface area contributed by atoms with Crippen LogP contribution in [-0.4, -0.2) is 24.5 Å². The van der Waals surface area contributed by atoms with Gasteiger partial charge in [-0.15, -0.1) is 11.3 Å². The van der Waals surface area contributed by atoms with E-state index in [1.165, 1.54) is 23.5 Å². The van der Waals surface area contributed by atoms with Crippen LogP contribution >= 0.6 is 11.3 Å². The van der Waals surface area contributed by atoms with Crippen LogP contribution in [0.1, 0.15) is 16.1 Å². The predicted octanol–water partition coefficient (Wildman–Crippen LogP) is 0.902. The lowest BCUT2D eigenvalue weighted by atomic mass is 10.2. The summed E-state index contributed by atoms with van der Waals surface area (Å²) < 4.78 is 26.6. The molecular weight excluding hydrogens is 302 g/mol. The number of nitrogens with two attached hydrogens (primary N) is 1. The van der Waals surface area contributed by atoms with Crippen LogP contribution in [0.4, 0.5) is 5.69 Å². The van der Waals surface area contributed by atoms with Gasteiger partial charge in [-0.3, -0.25) is 0 Å². The number of nitrogens with one attached hydrogen (secondary N) is 1. The first kappa shape index (κ1) is 14.4. The number of nitrogens with zero attached hydrogens (tertiary/aromatic N) is 1. The van der Waals surface area contributed by atoms with Crippen LogP contribution in [-0.2, 0) is 16.6 Å². The summed E-state index contributed by atoms with van der Waals surface area (Å²) in [5, 5.41) is 10.7. The predicted molar refractivity (Wildman–Crippen MR) is 74.0 cm³/mol. The van der Waals surface area contributed by atoms with Gasteiger partial charge in [0.15, 0.2) is 0 Å². The second-order valence-electron chi connectivity index (χ2n) is 3.87. The minimum Gasteiger partial charge on any atom is -0.478 e. The van der Waals surface area contributed by atoms with Crippen molar-refractivity contribution < 1.29 is 18.3 Å². The lowest BCUT2D eigenvalue weighted by Gasteiger charge is -2.09. The molecule has 0 saturated heterocycles. The monoisotopic (exact) mass is 313 g/mol. The number of hydrogen-bond donors (Lipinski definition) is 3. The quantitative estimate of drug-likeness (QED) is 0.705. The lowest BCUT2D eigenvalue weighted by Crippen LogP contribution is -2.25. The molecule has 106 valence electrons. The normalized spacial score (nSPS) is 11.4. The SMILES string of the molecule is Nc1ccc(S(=O)(=O)NCc2cscn2)c(C(=O)O)c1. The van der Waals surface area contributed by atoms with E-state index in [1.807, 2.05) is 0 Å². The molecule has 0 aliphatic rings. The molecule has 20 heavy (non-hydrogen) atoms. The first-order chi connectivity index (χ1) is 9.40. The zero-order valence-corrected chi connectivity index (χ0v) is 11.7. The van der Waals surface area contributed by atoms with Crippen molar-refractivity contribution in [3.05, 3.63) is 40.3 Å². The van der Waals surface area contributed by atoms with E-state index < -0.39 is 16.0 Å². The highest BCUT2D eigenvalue weighted by Gasteiger charge is 2.22. The van der Waals surface area contributed by atoms with Gasteiger partial charge in [-0.25, -0.2) is 22.9 Å². The molecule has 0 radical (unpaired) electrons. The van der Waals surface area contributed by atoms with Crippen LogP contribution in [0.3, 0.4) is 0 Å². The van der Waals surface area contributed by atoms with Crippen LogP contribution in [0.15, 0.2) is 34.0 Å². The maximum absolute atomic E-state index is 12.1. The number of nitrogen functional groups attached to an aromatic ring is 1. The Hall–Kier alpha value is -1.97. The molecule has 0 aliphatic heterocycles. The van der Waals surface area contributed by atoms with Gasteiger partial charge in [0.05, 0.1) is 28.2 Å². The van der Waals surface area contributed by atoms with Gasteiger partial charge in [0.1, 0.15) is 0 Å². The van der Waals surface area contributed by atoms with Gasteiger partial charge in [0, 0.05) is 11.1 Å². The van der Waals surface area contributed by atoms with E-state index in [4.69, 9.17) is 10.8 Å². The number of carboxylic acid groups (broad SMARTS) is 1.